The van der Waals surface area contributed by atoms with Crippen LogP contribution in [0.15, 0.2) is 0 Å². The lowest BCUT2D eigenvalue weighted by Gasteiger charge is -2.16. The van der Waals surface area contributed by atoms with Crippen molar-refractivity contribution in [2.75, 3.05) is 13.2 Å². The van der Waals surface area contributed by atoms with Gasteiger partial charge in [-0.3, -0.25) is 0 Å². The molecule has 1 aliphatic rings. The molecule has 2 N–H and O–H groups in total. The molecule has 4 nitrogen and oxygen atoms in total. The van der Waals surface area contributed by atoms with E-state index >= 15 is 0 Å². The number of thiophene rings is 2. The topological polar surface area (TPSA) is 58.9 Å². The smallest absolute Gasteiger partial charge is 0.181 e. The van der Waals surface area contributed by atoms with Gasteiger partial charge < -0.3 is 19.7 Å². The molecule has 0 spiro atoms. The number of ether oxygens (including phenoxy) is 2. The Morgan fingerprint density at radius 3 is 2.06 bits per heavy atom. The summed E-state index contributed by atoms with van der Waals surface area (Å²) in [7, 11) is 0. The van der Waals surface area contributed by atoms with Crippen LogP contribution in [0.1, 0.15) is 9.75 Å². The van der Waals surface area contributed by atoms with Gasteiger partial charge in [0.15, 0.2) is 23.0 Å². The van der Waals surface area contributed by atoms with Gasteiger partial charge >= 0.3 is 0 Å². The van der Waals surface area contributed by atoms with Crippen LogP contribution in [0.2, 0.25) is 0 Å². The van der Waals surface area contributed by atoms with Gasteiger partial charge in [-0.25, -0.2) is 0 Å². The van der Waals surface area contributed by atoms with E-state index in [1.807, 2.05) is 6.92 Å². The van der Waals surface area contributed by atoms with Crippen LogP contribution in [0.4, 0.5) is 0 Å². The fourth-order valence-electron chi connectivity index (χ4n) is 1.92. The molecule has 0 radical (unpaired) electrons. The zero-order valence-electron chi connectivity index (χ0n) is 9.94. The van der Waals surface area contributed by atoms with Crippen molar-refractivity contribution in [1.29, 1.82) is 0 Å². The molecule has 3 heterocycles. The number of aryl methyl sites for hydroxylation is 2. The van der Waals surface area contributed by atoms with Crippen molar-refractivity contribution in [3.05, 3.63) is 9.75 Å². The molecule has 6 heteroatoms. The number of rotatable bonds is 1. The molecule has 0 saturated carbocycles. The highest BCUT2D eigenvalue weighted by molar-refractivity contribution is 7.23. The fourth-order valence-corrected chi connectivity index (χ4v) is 4.03. The average Bonchev–Trinajstić information content (AvgIpc) is 2.83. The summed E-state index contributed by atoms with van der Waals surface area (Å²) in [5.41, 5.74) is 0. The number of aromatic hydroxyl groups is 2. The van der Waals surface area contributed by atoms with Crippen molar-refractivity contribution in [3.63, 3.8) is 0 Å². The van der Waals surface area contributed by atoms with E-state index in [1.54, 1.807) is 6.92 Å². The summed E-state index contributed by atoms with van der Waals surface area (Å²) in [6, 6.07) is 0. The molecule has 0 atom stereocenters. The summed E-state index contributed by atoms with van der Waals surface area (Å²) in [5.74, 6) is 1.31. The molecule has 2 aromatic heterocycles. The Labute approximate surface area is 112 Å². The van der Waals surface area contributed by atoms with E-state index < -0.39 is 0 Å². The van der Waals surface area contributed by atoms with E-state index in [0.29, 0.717) is 28.7 Å². The van der Waals surface area contributed by atoms with Crippen LogP contribution in [0.3, 0.4) is 0 Å². The molecule has 2 aromatic rings. The summed E-state index contributed by atoms with van der Waals surface area (Å²) < 4.78 is 11.2. The minimum absolute atomic E-state index is 0.0495. The monoisotopic (exact) mass is 284 g/mol. The highest BCUT2D eigenvalue weighted by Crippen LogP contribution is 2.55. The molecular weight excluding hydrogens is 272 g/mol. The first-order chi connectivity index (χ1) is 8.59. The van der Waals surface area contributed by atoms with E-state index in [9.17, 15) is 10.2 Å². The van der Waals surface area contributed by atoms with Crippen LogP contribution in [0, 0.1) is 13.8 Å². The normalized spacial score (nSPS) is 13.9. The van der Waals surface area contributed by atoms with Crippen molar-refractivity contribution in [2.24, 2.45) is 0 Å². The van der Waals surface area contributed by atoms with Crippen molar-refractivity contribution in [1.82, 2.24) is 0 Å². The van der Waals surface area contributed by atoms with Crippen LogP contribution in [-0.2, 0) is 0 Å². The first-order valence-corrected chi connectivity index (χ1v) is 7.13. The maximum absolute atomic E-state index is 9.95. The number of hydrogen-bond acceptors (Lipinski definition) is 6. The van der Waals surface area contributed by atoms with E-state index in [-0.39, 0.29) is 11.5 Å². The molecule has 1 aliphatic heterocycles. The molecule has 18 heavy (non-hydrogen) atoms. The molecule has 0 aromatic carbocycles. The second-order valence-electron chi connectivity index (χ2n) is 4.03. The Kier molecular flexibility index (Phi) is 2.64. The van der Waals surface area contributed by atoms with Gasteiger partial charge in [0, 0.05) is 9.75 Å². The van der Waals surface area contributed by atoms with Crippen molar-refractivity contribution >= 4 is 22.7 Å². The molecule has 0 bridgehead atoms. The SMILES string of the molecule is Cc1sc(-c2sc(C)c3c2OCCO3)c(O)c1O. The summed E-state index contributed by atoms with van der Waals surface area (Å²) in [6.45, 7) is 4.78. The Hall–Kier alpha value is -1.40. The predicted octanol–water partition coefficient (Wildman–Crippen LogP) is 3.28. The molecule has 0 saturated heterocycles. The Morgan fingerprint density at radius 1 is 0.833 bits per heavy atom. The lowest BCUT2D eigenvalue weighted by atomic mass is 10.3. The van der Waals surface area contributed by atoms with E-state index in [1.165, 1.54) is 22.7 Å². The molecule has 96 valence electrons. The molecule has 0 aliphatic carbocycles. The molecular formula is C12H12O4S2. The maximum atomic E-state index is 9.95. The van der Waals surface area contributed by atoms with Crippen molar-refractivity contribution in [2.45, 2.75) is 13.8 Å². The van der Waals surface area contributed by atoms with E-state index in [0.717, 1.165) is 15.5 Å². The first-order valence-electron chi connectivity index (χ1n) is 5.50. The van der Waals surface area contributed by atoms with Gasteiger partial charge in [-0.2, -0.15) is 0 Å². The lowest BCUT2D eigenvalue weighted by Crippen LogP contribution is -2.14. The zero-order valence-corrected chi connectivity index (χ0v) is 11.6. The molecule has 0 amide bonds. The highest BCUT2D eigenvalue weighted by Gasteiger charge is 2.27. The number of fused-ring (bicyclic) bond motifs is 1. The number of hydrogen-bond donors (Lipinski definition) is 2. The Bertz CT molecular complexity index is 612. The average molecular weight is 284 g/mol. The van der Waals surface area contributed by atoms with Gasteiger partial charge in [-0.05, 0) is 13.8 Å². The van der Waals surface area contributed by atoms with Crippen LogP contribution in [0.5, 0.6) is 23.0 Å². The third-order valence-electron chi connectivity index (χ3n) is 2.80. The van der Waals surface area contributed by atoms with Crippen LogP contribution < -0.4 is 9.47 Å². The summed E-state index contributed by atoms with van der Waals surface area (Å²) in [4.78, 5) is 3.18. The minimum Gasteiger partial charge on any atom is -0.503 e. The summed E-state index contributed by atoms with van der Waals surface area (Å²) in [5, 5.41) is 19.6. The standard InChI is InChI=1S/C12H12O4S2/c1-5-7(13)8(14)11(17-5)12-10-9(6(2)18-12)15-3-4-16-10/h13-14H,3-4H2,1-2H3. The van der Waals surface area contributed by atoms with E-state index in [4.69, 9.17) is 9.47 Å². The molecule has 3 rings (SSSR count). The first kappa shape index (κ1) is 11.7. The fraction of sp³-hybridized carbons (Fsp3) is 0.333. The van der Waals surface area contributed by atoms with Gasteiger partial charge in [-0.15, -0.1) is 22.7 Å². The summed E-state index contributed by atoms with van der Waals surface area (Å²) >= 11 is 2.86. The zero-order chi connectivity index (χ0) is 12.9. The lowest BCUT2D eigenvalue weighted by molar-refractivity contribution is 0.173. The van der Waals surface area contributed by atoms with Gasteiger partial charge in [-0.1, -0.05) is 0 Å². The maximum Gasteiger partial charge on any atom is 0.181 e. The third kappa shape index (κ3) is 1.56. The van der Waals surface area contributed by atoms with Gasteiger partial charge in [0.2, 0.25) is 0 Å². The van der Waals surface area contributed by atoms with Crippen LogP contribution >= 0.6 is 22.7 Å². The largest absolute Gasteiger partial charge is 0.503 e. The second-order valence-corrected chi connectivity index (χ2v) is 6.48. The third-order valence-corrected chi connectivity index (χ3v) is 5.11. The Morgan fingerprint density at radius 2 is 1.44 bits per heavy atom. The summed E-state index contributed by atoms with van der Waals surface area (Å²) in [6.07, 6.45) is 0. The van der Waals surface area contributed by atoms with Crippen molar-refractivity contribution < 1.29 is 19.7 Å². The Balaban J connectivity index is 2.20. The van der Waals surface area contributed by atoms with Gasteiger partial charge in [0.25, 0.3) is 0 Å². The highest BCUT2D eigenvalue weighted by atomic mass is 32.1. The van der Waals surface area contributed by atoms with Crippen molar-refractivity contribution in [3.8, 4) is 32.8 Å². The minimum atomic E-state index is -0.0734. The second kappa shape index (κ2) is 4.07. The van der Waals surface area contributed by atoms with Gasteiger partial charge in [0.05, 0.1) is 9.75 Å². The molecule has 0 unspecified atom stereocenters. The van der Waals surface area contributed by atoms with Crippen LogP contribution in [0.25, 0.3) is 9.75 Å². The van der Waals surface area contributed by atoms with Crippen LogP contribution in [-0.4, -0.2) is 23.4 Å². The van der Waals surface area contributed by atoms with Gasteiger partial charge in [0.1, 0.15) is 13.2 Å². The quantitative estimate of drug-likeness (QED) is 0.843. The molecule has 0 fully saturated rings. The predicted molar refractivity (Wildman–Crippen MR) is 71.4 cm³/mol. The van der Waals surface area contributed by atoms with E-state index in [2.05, 4.69) is 0 Å².